The van der Waals surface area contributed by atoms with E-state index in [4.69, 9.17) is 8.48 Å². The lowest BCUT2D eigenvalue weighted by molar-refractivity contribution is 1.09. The Kier molecular flexibility index (Phi) is 0.275. The van der Waals surface area contributed by atoms with Gasteiger partial charge in [0.25, 0.3) is 0 Å². The van der Waals surface area contributed by atoms with Crippen LogP contribution in [0.1, 0.15) is 2.74 Å². The van der Waals surface area contributed by atoms with Gasteiger partial charge in [-0.2, -0.15) is 5.10 Å². The van der Waals surface area contributed by atoms with Gasteiger partial charge in [0.15, 0.2) is 0 Å². The highest BCUT2D eigenvalue weighted by molar-refractivity contribution is 5.29. The molecule has 0 aliphatic carbocycles. The third-order valence-corrected chi connectivity index (χ3v) is 0.423. The smallest absolute Gasteiger partial charge is 0.0882 e. The Morgan fingerprint density at radius 1 is 2.17 bits per heavy atom. The number of hydrogen-bond acceptors (Lipinski definition) is 2. The topological polar surface area (TPSA) is 54.7 Å². The molecule has 1 heterocycles. The molecule has 1 aromatic rings. The Hall–Kier alpha value is -0.990. The molecule has 3 nitrogen and oxygen atoms in total. The van der Waals surface area contributed by atoms with Gasteiger partial charge in [-0.15, -0.1) is 0 Å². The molecule has 0 spiro atoms. The average Bonchev–Trinajstić information content (AvgIpc) is 1.98. The van der Waals surface area contributed by atoms with E-state index in [1.807, 2.05) is 0 Å². The lowest BCUT2D eigenvalue weighted by atomic mass is 10.6. The van der Waals surface area contributed by atoms with Gasteiger partial charge in [-0.3, -0.25) is 5.10 Å². The number of aromatic amines is 1. The Morgan fingerprint density at radius 2 is 3.00 bits per heavy atom. The van der Waals surface area contributed by atoms with E-state index in [2.05, 4.69) is 10.2 Å². The molecule has 0 saturated carbocycles. The first-order valence-corrected chi connectivity index (χ1v) is 1.49. The molecular weight excluding hydrogens is 78.1 g/mol. The van der Waals surface area contributed by atoms with Crippen LogP contribution in [-0.4, -0.2) is 10.2 Å². The fraction of sp³-hybridized carbons (Fsp3) is 0. The van der Waals surface area contributed by atoms with Crippen molar-refractivity contribution in [3.05, 3.63) is 12.3 Å². The first-order chi connectivity index (χ1) is 3.72. The molecule has 0 aliphatic heterocycles. The summed E-state index contributed by atoms with van der Waals surface area (Å²) >= 11 is 0. The number of nitrogen functional groups attached to an aromatic ring is 1. The summed E-state index contributed by atoms with van der Waals surface area (Å²) in [4.78, 5) is 0. The Morgan fingerprint density at radius 3 is 3.17 bits per heavy atom. The first-order valence-electron chi connectivity index (χ1n) is 2.49. The zero-order valence-corrected chi connectivity index (χ0v) is 3.02. The molecule has 32 valence electrons. The highest BCUT2D eigenvalue weighted by atomic mass is 15.1. The summed E-state index contributed by atoms with van der Waals surface area (Å²) < 4.78 is 13.7. The van der Waals surface area contributed by atoms with Crippen molar-refractivity contribution >= 4 is 5.69 Å². The molecule has 6 heavy (non-hydrogen) atoms. The number of nitrogens with one attached hydrogen (secondary N) is 1. The van der Waals surface area contributed by atoms with Gasteiger partial charge in [-0.25, -0.2) is 0 Å². The second-order valence-electron chi connectivity index (χ2n) is 0.874. The summed E-state index contributed by atoms with van der Waals surface area (Å²) in [7, 11) is 0. The van der Waals surface area contributed by atoms with Gasteiger partial charge >= 0.3 is 0 Å². The summed E-state index contributed by atoms with van der Waals surface area (Å²) in [5.41, 5.74) is 5.23. The quantitative estimate of drug-likeness (QED) is 0.465. The number of H-pyrrole nitrogens is 1. The molecule has 0 saturated heterocycles. The van der Waals surface area contributed by atoms with E-state index in [-0.39, 0.29) is 18.0 Å². The van der Waals surface area contributed by atoms with E-state index < -0.39 is 0 Å². The van der Waals surface area contributed by atoms with Crippen molar-refractivity contribution in [1.29, 1.82) is 0 Å². The fourth-order valence-corrected chi connectivity index (χ4v) is 0.204. The van der Waals surface area contributed by atoms with E-state index in [9.17, 15) is 0 Å². The Balaban J connectivity index is 3.19. The standard InChI is InChI=1S/C3H5N3/c4-3-1-5-6-2-3/h1-2H,4H2,(H,5,6)/i1D,2D. The minimum atomic E-state index is -0.0602. The predicted octanol–water partition coefficient (Wildman–Crippen LogP) is -0.00810. The average molecular weight is 85.1 g/mol. The largest absolute Gasteiger partial charge is 0.396 e. The summed E-state index contributed by atoms with van der Waals surface area (Å²) in [6.07, 6.45) is -0.0509. The molecule has 0 radical (unpaired) electrons. The number of nitrogens with zero attached hydrogens (tertiary/aromatic N) is 1. The number of anilines is 1. The second-order valence-corrected chi connectivity index (χ2v) is 0.874. The number of rotatable bonds is 0. The third-order valence-electron chi connectivity index (χ3n) is 0.423. The van der Waals surface area contributed by atoms with Gasteiger partial charge < -0.3 is 5.73 Å². The van der Waals surface area contributed by atoms with Gasteiger partial charge in [0.05, 0.1) is 14.6 Å². The first kappa shape index (κ1) is 1.64. The van der Waals surface area contributed by atoms with Crippen LogP contribution in [0.5, 0.6) is 0 Å². The van der Waals surface area contributed by atoms with Crippen LogP contribution < -0.4 is 5.73 Å². The zero-order valence-electron chi connectivity index (χ0n) is 5.02. The van der Waals surface area contributed by atoms with Crippen LogP contribution in [0, 0.1) is 0 Å². The van der Waals surface area contributed by atoms with Crippen molar-refractivity contribution in [2.45, 2.75) is 0 Å². The summed E-state index contributed by atoms with van der Waals surface area (Å²) in [5, 5.41) is 5.59. The highest BCUT2D eigenvalue weighted by Gasteiger charge is 1.74. The minimum absolute atomic E-state index is 0.00926. The third kappa shape index (κ3) is 0.337. The van der Waals surface area contributed by atoms with Crippen molar-refractivity contribution in [3.63, 3.8) is 0 Å². The van der Waals surface area contributed by atoms with E-state index in [1.54, 1.807) is 0 Å². The van der Waals surface area contributed by atoms with Crippen LogP contribution in [-0.2, 0) is 0 Å². The zero-order chi connectivity index (χ0) is 6.15. The molecule has 0 aromatic carbocycles. The van der Waals surface area contributed by atoms with Gasteiger partial charge in [-0.1, -0.05) is 0 Å². The summed E-state index contributed by atoms with van der Waals surface area (Å²) in [6, 6.07) is 0. The van der Waals surface area contributed by atoms with Crippen LogP contribution in [0.25, 0.3) is 0 Å². The molecule has 0 bridgehead atoms. The molecule has 0 amide bonds. The van der Waals surface area contributed by atoms with Crippen LogP contribution >= 0.6 is 0 Å². The second kappa shape index (κ2) is 1.01. The molecule has 3 N–H and O–H groups in total. The number of nitrogens with two attached hydrogens (primary N) is 1. The molecule has 1 aromatic heterocycles. The van der Waals surface area contributed by atoms with Gasteiger partial charge in [0.1, 0.15) is 0 Å². The fourth-order valence-electron chi connectivity index (χ4n) is 0.204. The van der Waals surface area contributed by atoms with Crippen molar-refractivity contribution < 1.29 is 2.74 Å². The monoisotopic (exact) mass is 85.1 g/mol. The van der Waals surface area contributed by atoms with E-state index in [1.165, 1.54) is 0 Å². The van der Waals surface area contributed by atoms with Gasteiger partial charge in [0.2, 0.25) is 0 Å². The lowest BCUT2D eigenvalue weighted by Gasteiger charge is -1.66. The Bertz CT molecular complexity index is 175. The van der Waals surface area contributed by atoms with Crippen LogP contribution in [0.2, 0.25) is 0 Å². The normalized spacial score (nSPS) is 13.3. The van der Waals surface area contributed by atoms with E-state index >= 15 is 0 Å². The maximum atomic E-state index is 6.88. The van der Waals surface area contributed by atoms with Crippen LogP contribution in [0.15, 0.2) is 12.3 Å². The van der Waals surface area contributed by atoms with Gasteiger partial charge in [-0.05, 0) is 0 Å². The lowest BCUT2D eigenvalue weighted by Crippen LogP contribution is -1.75. The predicted molar refractivity (Wildman–Crippen MR) is 23.0 cm³/mol. The molecule has 1 rings (SSSR count). The summed E-state index contributed by atoms with van der Waals surface area (Å²) in [6.45, 7) is 0. The van der Waals surface area contributed by atoms with Crippen molar-refractivity contribution in [3.8, 4) is 0 Å². The minimum Gasteiger partial charge on any atom is -0.396 e. The maximum absolute atomic E-state index is 6.88. The highest BCUT2D eigenvalue weighted by Crippen LogP contribution is 1.88. The van der Waals surface area contributed by atoms with Gasteiger partial charge in [0, 0.05) is 6.17 Å². The van der Waals surface area contributed by atoms with Crippen molar-refractivity contribution in [1.82, 2.24) is 10.2 Å². The van der Waals surface area contributed by atoms with Crippen LogP contribution in [0.4, 0.5) is 5.69 Å². The molecule has 0 aliphatic rings. The summed E-state index contributed by atoms with van der Waals surface area (Å²) in [5.74, 6) is 0. The number of aromatic nitrogens is 2. The van der Waals surface area contributed by atoms with E-state index in [0.717, 1.165) is 0 Å². The Labute approximate surface area is 38.0 Å². The SMILES string of the molecule is [2H]c1n[nH]c([2H])c1N. The molecular formula is C3H5N3. The van der Waals surface area contributed by atoms with E-state index in [0.29, 0.717) is 0 Å². The van der Waals surface area contributed by atoms with Crippen molar-refractivity contribution in [2.75, 3.05) is 5.73 Å². The van der Waals surface area contributed by atoms with Crippen molar-refractivity contribution in [2.24, 2.45) is 0 Å². The molecule has 0 atom stereocenters. The molecule has 0 fully saturated rings. The van der Waals surface area contributed by atoms with Crippen LogP contribution in [0.3, 0.4) is 0 Å². The number of hydrogen-bond donors (Lipinski definition) is 2. The molecule has 0 unspecified atom stereocenters. The molecule has 3 heteroatoms. The maximum Gasteiger partial charge on any atom is 0.0882 e.